The van der Waals surface area contributed by atoms with E-state index in [1.165, 1.54) is 5.69 Å². The molecule has 16 heavy (non-hydrogen) atoms. The summed E-state index contributed by atoms with van der Waals surface area (Å²) in [6.45, 7) is 11.2. The predicted molar refractivity (Wildman–Crippen MR) is 68.1 cm³/mol. The summed E-state index contributed by atoms with van der Waals surface area (Å²) < 4.78 is 1.92. The Balaban J connectivity index is 2.37. The van der Waals surface area contributed by atoms with Gasteiger partial charge in [-0.15, -0.1) is 0 Å². The van der Waals surface area contributed by atoms with Gasteiger partial charge >= 0.3 is 0 Å². The zero-order chi connectivity index (χ0) is 12.1. The van der Waals surface area contributed by atoms with Gasteiger partial charge in [0.05, 0.1) is 5.69 Å². The van der Waals surface area contributed by atoms with Crippen LogP contribution in [0.4, 0.5) is 0 Å². The molecule has 1 aromatic heterocycles. The summed E-state index contributed by atoms with van der Waals surface area (Å²) in [5.74, 6) is 2.21. The largest absolute Gasteiger partial charge is 0.311 e. The van der Waals surface area contributed by atoms with Gasteiger partial charge in [-0.3, -0.25) is 4.68 Å². The fourth-order valence-corrected chi connectivity index (χ4v) is 2.18. The number of nitrogens with zero attached hydrogens (tertiary/aromatic N) is 2. The van der Waals surface area contributed by atoms with Gasteiger partial charge in [0.15, 0.2) is 0 Å². The predicted octanol–water partition coefficient (Wildman–Crippen LogP) is 2.44. The highest BCUT2D eigenvalue weighted by Gasteiger charge is 2.16. The van der Waals surface area contributed by atoms with Crippen LogP contribution in [0.25, 0.3) is 0 Å². The van der Waals surface area contributed by atoms with Crippen molar-refractivity contribution in [2.24, 2.45) is 24.8 Å². The molecule has 0 spiro atoms. The average molecular weight is 223 g/mol. The molecule has 0 aliphatic carbocycles. The van der Waals surface area contributed by atoms with Gasteiger partial charge < -0.3 is 5.32 Å². The smallest absolute Gasteiger partial charge is 0.0518 e. The Morgan fingerprint density at radius 3 is 2.31 bits per heavy atom. The highest BCUT2D eigenvalue weighted by Crippen LogP contribution is 2.19. The molecule has 0 aromatic carbocycles. The quantitative estimate of drug-likeness (QED) is 0.803. The van der Waals surface area contributed by atoms with Crippen molar-refractivity contribution in [3.8, 4) is 0 Å². The molecule has 0 bridgehead atoms. The molecular formula is C13H25N3. The molecule has 0 unspecified atom stereocenters. The lowest BCUT2D eigenvalue weighted by atomic mass is 9.85. The first-order valence-electron chi connectivity index (χ1n) is 6.20. The number of rotatable bonds is 6. The van der Waals surface area contributed by atoms with Crippen LogP contribution in [0.15, 0.2) is 12.3 Å². The first-order valence-corrected chi connectivity index (χ1v) is 6.20. The summed E-state index contributed by atoms with van der Waals surface area (Å²) in [5, 5.41) is 7.69. The van der Waals surface area contributed by atoms with E-state index in [1.54, 1.807) is 0 Å². The topological polar surface area (TPSA) is 29.9 Å². The third-order valence-corrected chi connectivity index (χ3v) is 3.32. The second kappa shape index (κ2) is 6.04. The molecule has 0 fully saturated rings. The summed E-state index contributed by atoms with van der Waals surface area (Å²) in [4.78, 5) is 0. The minimum Gasteiger partial charge on any atom is -0.311 e. The van der Waals surface area contributed by atoms with E-state index in [4.69, 9.17) is 0 Å². The van der Waals surface area contributed by atoms with Gasteiger partial charge in [0, 0.05) is 19.8 Å². The fraction of sp³-hybridized carbons (Fsp3) is 0.769. The van der Waals surface area contributed by atoms with Crippen molar-refractivity contribution >= 4 is 0 Å². The van der Waals surface area contributed by atoms with Crippen molar-refractivity contribution in [2.45, 2.75) is 34.2 Å². The molecule has 1 N–H and O–H groups in total. The first-order chi connectivity index (χ1) is 7.52. The van der Waals surface area contributed by atoms with Crippen LogP contribution in [0.1, 0.15) is 33.4 Å². The normalized spacial score (nSPS) is 12.0. The molecular weight excluding hydrogens is 198 g/mol. The Morgan fingerprint density at radius 1 is 1.25 bits per heavy atom. The molecule has 1 aromatic rings. The van der Waals surface area contributed by atoms with E-state index in [0.29, 0.717) is 0 Å². The monoisotopic (exact) mass is 223 g/mol. The van der Waals surface area contributed by atoms with Crippen LogP contribution in [0.2, 0.25) is 0 Å². The van der Waals surface area contributed by atoms with Gasteiger partial charge in [0.25, 0.3) is 0 Å². The summed E-state index contributed by atoms with van der Waals surface area (Å²) in [6, 6.07) is 2.06. The molecule has 1 rings (SSSR count). The lowest BCUT2D eigenvalue weighted by Crippen LogP contribution is -2.30. The maximum absolute atomic E-state index is 4.16. The van der Waals surface area contributed by atoms with E-state index >= 15 is 0 Å². The lowest BCUT2D eigenvalue weighted by Gasteiger charge is -2.25. The van der Waals surface area contributed by atoms with Crippen molar-refractivity contribution in [2.75, 3.05) is 6.54 Å². The Bertz CT molecular complexity index is 294. The van der Waals surface area contributed by atoms with E-state index < -0.39 is 0 Å². The molecule has 0 atom stereocenters. The molecule has 0 aliphatic rings. The zero-order valence-electron chi connectivity index (χ0n) is 11.2. The highest BCUT2D eigenvalue weighted by molar-refractivity contribution is 4.99. The SMILES string of the molecule is CC(C)C(CNCc1ccnn1C)C(C)C. The molecule has 0 amide bonds. The Hall–Kier alpha value is -0.830. The van der Waals surface area contributed by atoms with Crippen LogP contribution in [-0.2, 0) is 13.6 Å². The van der Waals surface area contributed by atoms with Gasteiger partial charge in [-0.25, -0.2) is 0 Å². The fourth-order valence-electron chi connectivity index (χ4n) is 2.18. The van der Waals surface area contributed by atoms with Gasteiger partial charge in [-0.05, 0) is 30.4 Å². The third kappa shape index (κ3) is 3.63. The minimum absolute atomic E-state index is 0.735. The van der Waals surface area contributed by atoms with Crippen LogP contribution in [0.3, 0.4) is 0 Å². The van der Waals surface area contributed by atoms with Crippen LogP contribution in [0.5, 0.6) is 0 Å². The van der Waals surface area contributed by atoms with E-state index in [9.17, 15) is 0 Å². The maximum atomic E-state index is 4.16. The summed E-state index contributed by atoms with van der Waals surface area (Å²) in [5.41, 5.74) is 1.24. The molecule has 0 saturated heterocycles. The van der Waals surface area contributed by atoms with Crippen molar-refractivity contribution in [3.63, 3.8) is 0 Å². The van der Waals surface area contributed by atoms with Crippen molar-refractivity contribution in [3.05, 3.63) is 18.0 Å². The van der Waals surface area contributed by atoms with Crippen LogP contribution < -0.4 is 5.32 Å². The third-order valence-electron chi connectivity index (χ3n) is 3.32. The van der Waals surface area contributed by atoms with Crippen molar-refractivity contribution in [1.82, 2.24) is 15.1 Å². The van der Waals surface area contributed by atoms with Gasteiger partial charge in [0.2, 0.25) is 0 Å². The highest BCUT2D eigenvalue weighted by atomic mass is 15.3. The number of hydrogen-bond acceptors (Lipinski definition) is 2. The maximum Gasteiger partial charge on any atom is 0.0518 e. The summed E-state index contributed by atoms with van der Waals surface area (Å²) in [7, 11) is 1.99. The summed E-state index contributed by atoms with van der Waals surface area (Å²) >= 11 is 0. The Kier molecular flexibility index (Phi) is 5.00. The molecule has 3 heteroatoms. The van der Waals surface area contributed by atoms with Crippen molar-refractivity contribution < 1.29 is 0 Å². The van der Waals surface area contributed by atoms with E-state index in [-0.39, 0.29) is 0 Å². The number of nitrogens with one attached hydrogen (secondary N) is 1. The van der Waals surface area contributed by atoms with E-state index in [1.807, 2.05) is 17.9 Å². The molecule has 92 valence electrons. The number of aromatic nitrogens is 2. The Morgan fingerprint density at radius 2 is 1.88 bits per heavy atom. The van der Waals surface area contributed by atoms with Crippen LogP contribution >= 0.6 is 0 Å². The number of hydrogen-bond donors (Lipinski definition) is 1. The molecule has 1 heterocycles. The summed E-state index contributed by atoms with van der Waals surface area (Å²) in [6.07, 6.45) is 1.85. The standard InChI is InChI=1S/C13H25N3/c1-10(2)13(11(3)4)9-14-8-12-6-7-15-16(12)5/h6-7,10-11,13-14H,8-9H2,1-5H3. The van der Waals surface area contributed by atoms with Crippen LogP contribution in [0, 0.1) is 17.8 Å². The van der Waals surface area contributed by atoms with E-state index in [0.717, 1.165) is 30.8 Å². The number of aryl methyl sites for hydroxylation is 1. The molecule has 0 saturated carbocycles. The van der Waals surface area contributed by atoms with Crippen LogP contribution in [-0.4, -0.2) is 16.3 Å². The molecule has 3 nitrogen and oxygen atoms in total. The van der Waals surface area contributed by atoms with Gasteiger partial charge in [0.1, 0.15) is 0 Å². The minimum atomic E-state index is 0.735. The zero-order valence-corrected chi connectivity index (χ0v) is 11.2. The first kappa shape index (κ1) is 13.2. The average Bonchev–Trinajstić information content (AvgIpc) is 2.57. The lowest BCUT2D eigenvalue weighted by molar-refractivity contribution is 0.275. The molecule has 0 radical (unpaired) electrons. The molecule has 0 aliphatic heterocycles. The Labute approximate surface area is 99.2 Å². The second-order valence-corrected chi connectivity index (χ2v) is 5.23. The van der Waals surface area contributed by atoms with Gasteiger partial charge in [-0.1, -0.05) is 27.7 Å². The van der Waals surface area contributed by atoms with Crippen molar-refractivity contribution in [1.29, 1.82) is 0 Å². The van der Waals surface area contributed by atoms with Gasteiger partial charge in [-0.2, -0.15) is 5.10 Å². The second-order valence-electron chi connectivity index (χ2n) is 5.23. The van der Waals surface area contributed by atoms with E-state index in [2.05, 4.69) is 44.2 Å².